The maximum Gasteiger partial charge on any atom is 0.251 e. The van der Waals surface area contributed by atoms with E-state index in [-0.39, 0.29) is 11.4 Å². The summed E-state index contributed by atoms with van der Waals surface area (Å²) in [6.07, 6.45) is 7.65. The molecule has 0 saturated carbocycles. The molecule has 1 amide bonds. The predicted molar refractivity (Wildman–Crippen MR) is 111 cm³/mol. The lowest BCUT2D eigenvalue weighted by Gasteiger charge is -2.19. The van der Waals surface area contributed by atoms with Gasteiger partial charge in [0, 0.05) is 37.7 Å². The Hall–Kier alpha value is -3.31. The van der Waals surface area contributed by atoms with Crippen molar-refractivity contribution in [3.8, 4) is 5.82 Å². The zero-order valence-corrected chi connectivity index (χ0v) is 17.4. The molecular weight excluding hydrogens is 408 g/mol. The number of carbonyl (C=O) groups excluding carboxylic acids is 1. The number of aromatic nitrogens is 4. The molecule has 0 radical (unpaired) electrons. The van der Waals surface area contributed by atoms with Gasteiger partial charge < -0.3 is 9.88 Å². The van der Waals surface area contributed by atoms with E-state index in [0.717, 1.165) is 10.6 Å². The summed E-state index contributed by atoms with van der Waals surface area (Å²) in [7, 11) is -3.74. The fourth-order valence-electron chi connectivity index (χ4n) is 2.86. The van der Waals surface area contributed by atoms with E-state index in [0.29, 0.717) is 24.6 Å². The van der Waals surface area contributed by atoms with E-state index in [1.54, 1.807) is 49.3 Å². The first-order chi connectivity index (χ1) is 14.3. The molecule has 0 fully saturated rings. The van der Waals surface area contributed by atoms with Crippen molar-refractivity contribution in [2.75, 3.05) is 18.4 Å². The number of carbonyl (C=O) groups is 1. The Labute approximate surface area is 173 Å². The summed E-state index contributed by atoms with van der Waals surface area (Å²) in [5.74, 6) is 0.155. The second kappa shape index (κ2) is 9.01. The van der Waals surface area contributed by atoms with Gasteiger partial charge in [-0.25, -0.2) is 18.4 Å². The summed E-state index contributed by atoms with van der Waals surface area (Å²) < 4.78 is 29.4. The number of pyridine rings is 2. The lowest BCUT2D eigenvalue weighted by molar-refractivity contribution is -0.116. The highest BCUT2D eigenvalue weighted by Crippen LogP contribution is 2.14. The first kappa shape index (κ1) is 21.4. The fourth-order valence-corrected chi connectivity index (χ4v) is 4.34. The number of hydrogen-bond donors (Lipinski definition) is 1. The molecule has 0 aliphatic carbocycles. The molecule has 0 atom stereocenters. The molecule has 11 heteroatoms. The highest BCUT2D eigenvalue weighted by Gasteiger charge is 2.22. The fraction of sp³-hybridized carbons (Fsp3) is 0.263. The van der Waals surface area contributed by atoms with Crippen LogP contribution in [-0.2, 0) is 21.4 Å². The third kappa shape index (κ3) is 4.63. The Bertz CT molecular complexity index is 1170. The molecule has 0 saturated heterocycles. The van der Waals surface area contributed by atoms with Crippen molar-refractivity contribution in [1.82, 2.24) is 23.4 Å². The Kier molecular flexibility index (Phi) is 6.43. The summed E-state index contributed by atoms with van der Waals surface area (Å²) in [5.41, 5.74) is -0.0268. The summed E-state index contributed by atoms with van der Waals surface area (Å²) in [6, 6.07) is 5.78. The second-order valence-electron chi connectivity index (χ2n) is 6.34. The van der Waals surface area contributed by atoms with Crippen molar-refractivity contribution < 1.29 is 13.2 Å². The minimum absolute atomic E-state index is 0.0371. The minimum atomic E-state index is -3.74. The van der Waals surface area contributed by atoms with Crippen LogP contribution in [0.25, 0.3) is 5.82 Å². The van der Waals surface area contributed by atoms with Crippen molar-refractivity contribution in [1.29, 1.82) is 0 Å². The van der Waals surface area contributed by atoms with Crippen LogP contribution in [0.4, 0.5) is 5.69 Å². The van der Waals surface area contributed by atoms with Crippen LogP contribution < -0.4 is 10.9 Å². The molecule has 0 aliphatic heterocycles. The van der Waals surface area contributed by atoms with Crippen LogP contribution in [0, 0.1) is 0 Å². The van der Waals surface area contributed by atoms with Crippen molar-refractivity contribution in [3.63, 3.8) is 0 Å². The van der Waals surface area contributed by atoms with Gasteiger partial charge in [0.1, 0.15) is 18.7 Å². The molecule has 3 aromatic heterocycles. The monoisotopic (exact) mass is 430 g/mol. The second-order valence-corrected chi connectivity index (χ2v) is 8.28. The Morgan fingerprint density at radius 2 is 1.93 bits per heavy atom. The number of nitrogens with zero attached hydrogens (tertiary/aromatic N) is 5. The smallest absolute Gasteiger partial charge is 0.251 e. The standard InChI is InChI=1S/C19H22N6O4S/c1-3-25(4-2)30(28,29)16-6-8-19(27)24(12-16)13-18(26)22-15-5-7-17(21-11-15)23-10-9-20-14-23/h5-12,14H,3-4,13H2,1-2H3,(H,22,26). The maximum atomic E-state index is 12.7. The molecule has 10 nitrogen and oxygen atoms in total. The first-order valence-corrected chi connectivity index (χ1v) is 10.7. The molecule has 1 N–H and O–H groups in total. The van der Waals surface area contributed by atoms with Gasteiger partial charge in [-0.3, -0.25) is 14.2 Å². The van der Waals surface area contributed by atoms with E-state index in [4.69, 9.17) is 0 Å². The number of anilines is 1. The molecule has 3 aromatic rings. The normalized spacial score (nSPS) is 11.6. The number of hydrogen-bond acceptors (Lipinski definition) is 6. The Morgan fingerprint density at radius 1 is 1.17 bits per heavy atom. The third-order valence-corrected chi connectivity index (χ3v) is 6.45. The zero-order valence-electron chi connectivity index (χ0n) is 16.6. The van der Waals surface area contributed by atoms with Gasteiger partial charge in [-0.1, -0.05) is 13.8 Å². The largest absolute Gasteiger partial charge is 0.323 e. The Morgan fingerprint density at radius 3 is 2.53 bits per heavy atom. The number of imidazole rings is 1. The van der Waals surface area contributed by atoms with E-state index in [2.05, 4.69) is 15.3 Å². The van der Waals surface area contributed by atoms with Gasteiger partial charge >= 0.3 is 0 Å². The molecule has 158 valence electrons. The first-order valence-electron chi connectivity index (χ1n) is 9.30. The number of nitrogens with one attached hydrogen (secondary N) is 1. The lowest BCUT2D eigenvalue weighted by Crippen LogP contribution is -2.33. The average molecular weight is 430 g/mol. The van der Waals surface area contributed by atoms with Gasteiger partial charge in [0.05, 0.1) is 16.8 Å². The maximum absolute atomic E-state index is 12.7. The highest BCUT2D eigenvalue weighted by atomic mass is 32.2. The molecule has 0 spiro atoms. The minimum Gasteiger partial charge on any atom is -0.323 e. The lowest BCUT2D eigenvalue weighted by atomic mass is 10.4. The van der Waals surface area contributed by atoms with Gasteiger partial charge in [0.2, 0.25) is 15.9 Å². The van der Waals surface area contributed by atoms with Gasteiger partial charge in [0.25, 0.3) is 5.56 Å². The van der Waals surface area contributed by atoms with Gasteiger partial charge in [0.15, 0.2) is 0 Å². The molecule has 3 heterocycles. The molecule has 0 bridgehead atoms. The van der Waals surface area contributed by atoms with E-state index in [9.17, 15) is 18.0 Å². The summed E-state index contributed by atoms with van der Waals surface area (Å²) in [6.45, 7) is 3.75. The summed E-state index contributed by atoms with van der Waals surface area (Å²) in [5, 5.41) is 2.65. The highest BCUT2D eigenvalue weighted by molar-refractivity contribution is 7.89. The van der Waals surface area contributed by atoms with Crippen LogP contribution in [0.2, 0.25) is 0 Å². The molecule has 30 heavy (non-hydrogen) atoms. The zero-order chi connectivity index (χ0) is 21.7. The average Bonchev–Trinajstić information content (AvgIpc) is 3.25. The molecule has 3 rings (SSSR count). The number of rotatable bonds is 8. The summed E-state index contributed by atoms with van der Waals surface area (Å²) >= 11 is 0. The number of amides is 1. The molecule has 0 aliphatic rings. The predicted octanol–water partition coefficient (Wildman–Crippen LogP) is 1.10. The molecule has 0 aromatic carbocycles. The molecular formula is C19H22N6O4S. The van der Waals surface area contributed by atoms with Gasteiger partial charge in [-0.15, -0.1) is 0 Å². The number of sulfonamides is 1. The van der Waals surface area contributed by atoms with E-state index in [1.165, 1.54) is 22.8 Å². The summed E-state index contributed by atoms with van der Waals surface area (Å²) in [4.78, 5) is 32.7. The van der Waals surface area contributed by atoms with Crippen LogP contribution in [0.1, 0.15) is 13.8 Å². The van der Waals surface area contributed by atoms with Gasteiger partial charge in [-0.2, -0.15) is 4.31 Å². The SMILES string of the molecule is CCN(CC)S(=O)(=O)c1ccc(=O)n(CC(=O)Nc2ccc(-n3ccnc3)nc2)c1. The van der Waals surface area contributed by atoms with Crippen molar-refractivity contribution >= 4 is 21.6 Å². The van der Waals surface area contributed by atoms with Crippen LogP contribution in [0.3, 0.4) is 0 Å². The van der Waals surface area contributed by atoms with Crippen molar-refractivity contribution in [3.05, 3.63) is 65.7 Å². The Balaban J connectivity index is 1.74. The van der Waals surface area contributed by atoms with Crippen molar-refractivity contribution in [2.45, 2.75) is 25.3 Å². The third-order valence-electron chi connectivity index (χ3n) is 4.41. The van der Waals surface area contributed by atoms with Gasteiger partial charge in [-0.05, 0) is 18.2 Å². The van der Waals surface area contributed by atoms with Crippen LogP contribution >= 0.6 is 0 Å². The molecule has 0 unspecified atom stereocenters. The van der Waals surface area contributed by atoms with Crippen LogP contribution in [0.5, 0.6) is 0 Å². The van der Waals surface area contributed by atoms with E-state index < -0.39 is 21.5 Å². The van der Waals surface area contributed by atoms with Crippen LogP contribution in [-0.4, -0.2) is 50.8 Å². The van der Waals surface area contributed by atoms with E-state index in [1.807, 2.05) is 0 Å². The van der Waals surface area contributed by atoms with Crippen LogP contribution in [0.15, 0.2) is 65.1 Å². The van der Waals surface area contributed by atoms with E-state index >= 15 is 0 Å². The topological polar surface area (TPSA) is 119 Å². The van der Waals surface area contributed by atoms with Crippen molar-refractivity contribution in [2.24, 2.45) is 0 Å². The quantitative estimate of drug-likeness (QED) is 0.572.